The van der Waals surface area contributed by atoms with E-state index in [0.717, 1.165) is 34.2 Å². The zero-order chi connectivity index (χ0) is 27.6. The number of anilines is 1. The van der Waals surface area contributed by atoms with Crippen LogP contribution in [0.1, 0.15) is 67.3 Å². The summed E-state index contributed by atoms with van der Waals surface area (Å²) in [5, 5.41) is 0.717. The molecule has 1 aliphatic heterocycles. The van der Waals surface area contributed by atoms with Crippen molar-refractivity contribution in [1.82, 2.24) is 9.88 Å². The number of fused-ring (bicyclic) bond motifs is 1. The minimum atomic E-state index is -0.592. The molecule has 1 unspecified atom stereocenters. The molecule has 3 aromatic rings. The van der Waals surface area contributed by atoms with Crippen LogP contribution in [0.5, 0.6) is 0 Å². The van der Waals surface area contributed by atoms with Crippen LogP contribution in [-0.2, 0) is 20.7 Å². The predicted molar refractivity (Wildman–Crippen MR) is 148 cm³/mol. The van der Waals surface area contributed by atoms with Crippen molar-refractivity contribution in [2.45, 2.75) is 58.5 Å². The topological polar surface area (TPSA) is 138 Å². The maximum absolute atomic E-state index is 12.7. The predicted octanol–water partition coefficient (Wildman–Crippen LogP) is 4.86. The van der Waals surface area contributed by atoms with E-state index >= 15 is 0 Å². The number of amides is 2. The Morgan fingerprint density at radius 1 is 1.18 bits per heavy atom. The van der Waals surface area contributed by atoms with Gasteiger partial charge in [-0.15, -0.1) is 11.3 Å². The lowest BCUT2D eigenvalue weighted by Crippen LogP contribution is -2.35. The number of thiophene rings is 1. The van der Waals surface area contributed by atoms with Gasteiger partial charge in [0.2, 0.25) is 0 Å². The average molecular weight is 539 g/mol. The number of primary amides is 1. The first-order chi connectivity index (χ1) is 18.0. The zero-order valence-electron chi connectivity index (χ0n) is 22.2. The van der Waals surface area contributed by atoms with Crippen LogP contribution in [0, 0.1) is 0 Å². The highest BCUT2D eigenvalue weighted by Gasteiger charge is 2.33. The van der Waals surface area contributed by atoms with Crippen LogP contribution in [0.25, 0.3) is 21.5 Å². The number of pyridine rings is 1. The zero-order valence-corrected chi connectivity index (χ0v) is 23.0. The molecule has 0 spiro atoms. The normalized spacial score (nSPS) is 15.6. The third-order valence-corrected chi connectivity index (χ3v) is 7.52. The van der Waals surface area contributed by atoms with Crippen molar-refractivity contribution in [3.63, 3.8) is 0 Å². The molecule has 1 atom stereocenters. The molecule has 202 valence electrons. The fraction of sp³-hybridized carbons (Fsp3) is 0.429. The Bertz CT molecular complexity index is 1360. The molecule has 4 rings (SSSR count). The first-order valence-electron chi connectivity index (χ1n) is 12.7. The smallest absolute Gasteiger partial charge is 0.410 e. The molecule has 2 aromatic heterocycles. The number of rotatable bonds is 7. The molecule has 0 saturated carbocycles. The van der Waals surface area contributed by atoms with Gasteiger partial charge in [0.25, 0.3) is 5.91 Å². The molecular formula is C28H34N4O5S. The Labute approximate surface area is 226 Å². The molecule has 0 aliphatic carbocycles. The summed E-state index contributed by atoms with van der Waals surface area (Å²) >= 11 is 1.18. The van der Waals surface area contributed by atoms with E-state index in [1.807, 2.05) is 51.1 Å². The van der Waals surface area contributed by atoms with Gasteiger partial charge >= 0.3 is 12.1 Å². The first kappa shape index (κ1) is 27.4. The van der Waals surface area contributed by atoms with Gasteiger partial charge in [-0.2, -0.15) is 0 Å². The Morgan fingerprint density at radius 2 is 1.89 bits per heavy atom. The number of aromatic nitrogens is 1. The summed E-state index contributed by atoms with van der Waals surface area (Å²) in [7, 11) is 0. The van der Waals surface area contributed by atoms with E-state index in [1.54, 1.807) is 11.8 Å². The molecule has 3 heterocycles. The average Bonchev–Trinajstić information content (AvgIpc) is 3.47. The van der Waals surface area contributed by atoms with Crippen molar-refractivity contribution in [2.24, 2.45) is 5.73 Å². The second-order valence-electron chi connectivity index (χ2n) is 10.4. The monoisotopic (exact) mass is 538 g/mol. The highest BCUT2D eigenvalue weighted by molar-refractivity contribution is 7.21. The summed E-state index contributed by atoms with van der Waals surface area (Å²) in [6.07, 6.45) is 1.29. The summed E-state index contributed by atoms with van der Waals surface area (Å²) in [4.78, 5) is 43.9. The number of hydrogen-bond acceptors (Lipinski definition) is 8. The molecule has 1 saturated heterocycles. The van der Waals surface area contributed by atoms with Crippen LogP contribution in [-0.4, -0.2) is 53.2 Å². The maximum atomic E-state index is 12.7. The van der Waals surface area contributed by atoms with Crippen molar-refractivity contribution in [3.8, 4) is 11.3 Å². The van der Waals surface area contributed by atoms with Crippen LogP contribution >= 0.6 is 11.3 Å². The van der Waals surface area contributed by atoms with E-state index in [4.69, 9.17) is 25.9 Å². The molecule has 9 nitrogen and oxygen atoms in total. The summed E-state index contributed by atoms with van der Waals surface area (Å²) in [6, 6.07) is 9.86. The Hall–Kier alpha value is -3.66. The second kappa shape index (κ2) is 11.0. The number of carbonyl (C=O) groups excluding carboxylic acids is 3. The van der Waals surface area contributed by atoms with Gasteiger partial charge in [0.1, 0.15) is 15.3 Å². The summed E-state index contributed by atoms with van der Waals surface area (Å²) in [6.45, 7) is 8.72. The minimum Gasteiger partial charge on any atom is -0.466 e. The van der Waals surface area contributed by atoms with Crippen LogP contribution in [0.3, 0.4) is 0 Å². The molecule has 0 radical (unpaired) electrons. The highest BCUT2D eigenvalue weighted by atomic mass is 32.1. The molecule has 1 fully saturated rings. The Morgan fingerprint density at radius 3 is 2.53 bits per heavy atom. The van der Waals surface area contributed by atoms with Gasteiger partial charge < -0.3 is 25.8 Å². The van der Waals surface area contributed by atoms with Crippen LogP contribution < -0.4 is 11.5 Å². The maximum Gasteiger partial charge on any atom is 0.410 e. The summed E-state index contributed by atoms with van der Waals surface area (Å²) in [5.41, 5.74) is 15.3. The van der Waals surface area contributed by atoms with Crippen molar-refractivity contribution < 1.29 is 23.9 Å². The van der Waals surface area contributed by atoms with E-state index in [-0.39, 0.29) is 22.9 Å². The van der Waals surface area contributed by atoms with E-state index in [2.05, 4.69) is 0 Å². The van der Waals surface area contributed by atoms with E-state index < -0.39 is 11.5 Å². The van der Waals surface area contributed by atoms with Crippen molar-refractivity contribution >= 4 is 45.2 Å². The van der Waals surface area contributed by atoms with Crippen molar-refractivity contribution in [2.75, 3.05) is 25.4 Å². The number of nitrogens with two attached hydrogens (primary N) is 2. The number of nitrogens with zero attached hydrogens (tertiary/aromatic N) is 2. The molecule has 1 aliphatic rings. The number of hydrogen-bond donors (Lipinski definition) is 2. The molecule has 1 aromatic carbocycles. The Kier molecular flexibility index (Phi) is 7.91. The van der Waals surface area contributed by atoms with Crippen LogP contribution in [0.2, 0.25) is 0 Å². The van der Waals surface area contributed by atoms with Crippen molar-refractivity contribution in [3.05, 3.63) is 46.3 Å². The van der Waals surface area contributed by atoms with Gasteiger partial charge in [-0.05, 0) is 57.7 Å². The van der Waals surface area contributed by atoms with E-state index in [0.29, 0.717) is 43.1 Å². The van der Waals surface area contributed by atoms with Gasteiger partial charge in [-0.3, -0.25) is 9.59 Å². The molecule has 10 heteroatoms. The van der Waals surface area contributed by atoms with Crippen LogP contribution in [0.4, 0.5) is 10.5 Å². The molecule has 4 N–H and O–H groups in total. The number of nitrogen functional groups attached to an aromatic ring is 1. The second-order valence-corrected chi connectivity index (χ2v) is 11.4. The number of aryl methyl sites for hydroxylation is 1. The largest absolute Gasteiger partial charge is 0.466 e. The fourth-order valence-electron chi connectivity index (χ4n) is 4.63. The third kappa shape index (κ3) is 6.07. The molecule has 2 amide bonds. The van der Waals surface area contributed by atoms with Gasteiger partial charge in [-0.1, -0.05) is 24.3 Å². The summed E-state index contributed by atoms with van der Waals surface area (Å²) < 4.78 is 10.6. The fourth-order valence-corrected chi connectivity index (χ4v) is 5.61. The van der Waals surface area contributed by atoms with Crippen LogP contribution in [0.15, 0.2) is 30.3 Å². The molecule has 0 bridgehead atoms. The number of ether oxygens (including phenoxy) is 2. The number of esters is 1. The quantitative estimate of drug-likeness (QED) is 0.410. The van der Waals surface area contributed by atoms with Crippen molar-refractivity contribution in [1.29, 1.82) is 0 Å². The highest BCUT2D eigenvalue weighted by Crippen LogP contribution is 2.42. The lowest BCUT2D eigenvalue weighted by Gasteiger charge is -2.24. The van der Waals surface area contributed by atoms with Gasteiger partial charge in [0.05, 0.1) is 18.0 Å². The number of benzene rings is 1. The lowest BCUT2D eigenvalue weighted by atomic mass is 9.93. The van der Waals surface area contributed by atoms with Gasteiger partial charge in [0.15, 0.2) is 0 Å². The third-order valence-electron chi connectivity index (χ3n) is 6.41. The lowest BCUT2D eigenvalue weighted by molar-refractivity contribution is -0.143. The number of likely N-dealkylation sites (tertiary alicyclic amines) is 1. The summed E-state index contributed by atoms with van der Waals surface area (Å²) in [5.74, 6) is -0.815. The van der Waals surface area contributed by atoms with E-state index in [9.17, 15) is 14.4 Å². The Balaban J connectivity index is 1.66. The molecular weight excluding hydrogens is 504 g/mol. The minimum absolute atomic E-state index is 0.00625. The van der Waals surface area contributed by atoms with E-state index in [1.165, 1.54) is 11.3 Å². The van der Waals surface area contributed by atoms with Gasteiger partial charge in [-0.25, -0.2) is 9.78 Å². The molecule has 38 heavy (non-hydrogen) atoms. The number of carbonyl (C=O) groups is 3. The standard InChI is InChI=1S/C28H34N4O5S/c1-5-36-21(33)11-8-16-6-9-17(10-7-16)20-14-19(22-23(29)24(25(30)34)38-26(22)31-20)18-12-13-32(15-18)27(35)37-28(2,3)4/h6-7,9-10,14,18H,5,8,11-13,15,29H2,1-4H3,(H2,30,34). The SMILES string of the molecule is CCOC(=O)CCc1ccc(-c2cc(C3CCN(C(=O)OC(C)(C)C)C3)c3c(N)c(C(N)=O)sc3n2)cc1. The first-order valence-corrected chi connectivity index (χ1v) is 13.5. The van der Waals surface area contributed by atoms with Gasteiger partial charge in [0, 0.05) is 36.4 Å².